The normalized spacial score (nSPS) is 17.2. The SMILES string of the molecule is O=C(CC1C=CS(=O)(=O)C1)Nc1nc(-c2ccccc2Cl)c(-c2ccccc2Cl)s1. The summed E-state index contributed by atoms with van der Waals surface area (Å²) in [4.78, 5) is 17.9. The van der Waals surface area contributed by atoms with Crippen molar-refractivity contribution in [1.82, 2.24) is 4.98 Å². The maximum Gasteiger partial charge on any atom is 0.226 e. The Morgan fingerprint density at radius 3 is 2.30 bits per heavy atom. The summed E-state index contributed by atoms with van der Waals surface area (Å²) in [6.07, 6.45) is 1.62. The summed E-state index contributed by atoms with van der Waals surface area (Å²) >= 11 is 14.1. The quantitative estimate of drug-likeness (QED) is 0.512. The van der Waals surface area contributed by atoms with Crippen molar-refractivity contribution in [3.63, 3.8) is 0 Å². The molecule has 1 aliphatic rings. The van der Waals surface area contributed by atoms with E-state index in [1.807, 2.05) is 36.4 Å². The predicted molar refractivity (Wildman–Crippen MR) is 123 cm³/mol. The third-order valence-electron chi connectivity index (χ3n) is 4.57. The molecule has 9 heteroatoms. The molecule has 1 N–H and O–H groups in total. The van der Waals surface area contributed by atoms with Crippen LogP contribution in [0.2, 0.25) is 10.0 Å². The molecule has 0 bridgehead atoms. The van der Waals surface area contributed by atoms with E-state index in [9.17, 15) is 13.2 Å². The highest BCUT2D eigenvalue weighted by Gasteiger charge is 2.25. The van der Waals surface area contributed by atoms with Crippen LogP contribution < -0.4 is 5.32 Å². The molecule has 30 heavy (non-hydrogen) atoms. The van der Waals surface area contributed by atoms with E-state index >= 15 is 0 Å². The van der Waals surface area contributed by atoms with Crippen molar-refractivity contribution in [2.45, 2.75) is 6.42 Å². The Balaban J connectivity index is 1.66. The Kier molecular flexibility index (Phi) is 5.97. The zero-order chi connectivity index (χ0) is 21.3. The van der Waals surface area contributed by atoms with Crippen LogP contribution in [-0.4, -0.2) is 25.1 Å². The fourth-order valence-corrected chi connectivity index (χ4v) is 6.16. The van der Waals surface area contributed by atoms with Gasteiger partial charge in [0.2, 0.25) is 5.91 Å². The van der Waals surface area contributed by atoms with Gasteiger partial charge >= 0.3 is 0 Å². The number of hydrogen-bond donors (Lipinski definition) is 1. The number of rotatable bonds is 5. The van der Waals surface area contributed by atoms with E-state index in [4.69, 9.17) is 23.2 Å². The molecule has 0 radical (unpaired) electrons. The first kappa shape index (κ1) is 21.1. The number of amides is 1. The topological polar surface area (TPSA) is 76.1 Å². The third-order valence-corrected chi connectivity index (χ3v) is 7.70. The van der Waals surface area contributed by atoms with Gasteiger partial charge in [-0.3, -0.25) is 4.79 Å². The molecular formula is C21H16Cl2N2O3S2. The lowest BCUT2D eigenvalue weighted by Crippen LogP contribution is -2.17. The van der Waals surface area contributed by atoms with Gasteiger partial charge in [-0.1, -0.05) is 77.0 Å². The summed E-state index contributed by atoms with van der Waals surface area (Å²) in [5, 5.41) is 5.45. The maximum atomic E-state index is 12.5. The number of carbonyl (C=O) groups excluding carboxylic acids is 1. The Morgan fingerprint density at radius 2 is 1.70 bits per heavy atom. The molecule has 0 saturated heterocycles. The molecule has 2 heterocycles. The molecule has 1 atom stereocenters. The molecule has 5 nitrogen and oxygen atoms in total. The number of thiazole rings is 1. The number of aromatic nitrogens is 1. The van der Waals surface area contributed by atoms with Crippen molar-refractivity contribution in [2.24, 2.45) is 5.92 Å². The molecule has 154 valence electrons. The van der Waals surface area contributed by atoms with Gasteiger partial charge in [0, 0.05) is 33.9 Å². The van der Waals surface area contributed by atoms with Crippen molar-refractivity contribution < 1.29 is 13.2 Å². The van der Waals surface area contributed by atoms with Crippen LogP contribution in [0.5, 0.6) is 0 Å². The van der Waals surface area contributed by atoms with E-state index in [2.05, 4.69) is 10.3 Å². The van der Waals surface area contributed by atoms with Crippen molar-refractivity contribution in [3.05, 3.63) is 70.1 Å². The Morgan fingerprint density at radius 1 is 1.07 bits per heavy atom. The van der Waals surface area contributed by atoms with Gasteiger partial charge in [-0.05, 0) is 12.1 Å². The standard InChI is InChI=1S/C21H16Cl2N2O3S2/c22-16-7-3-1-5-14(16)19-20(15-6-2-4-8-17(15)23)29-21(25-19)24-18(26)11-13-9-10-30(27,28)12-13/h1-10,13H,11-12H2,(H,24,25,26). The number of halogens is 2. The van der Waals surface area contributed by atoms with Crippen LogP contribution in [0.4, 0.5) is 5.13 Å². The first-order valence-corrected chi connectivity index (χ1v) is 12.3. The molecule has 1 unspecified atom stereocenters. The van der Waals surface area contributed by atoms with Gasteiger partial charge < -0.3 is 5.32 Å². The van der Waals surface area contributed by atoms with Crippen molar-refractivity contribution >= 4 is 55.4 Å². The van der Waals surface area contributed by atoms with Gasteiger partial charge in [-0.15, -0.1) is 0 Å². The fraction of sp³-hybridized carbons (Fsp3) is 0.143. The van der Waals surface area contributed by atoms with Crippen molar-refractivity contribution in [2.75, 3.05) is 11.1 Å². The number of carbonyl (C=O) groups is 1. The second-order valence-corrected chi connectivity index (χ2v) is 10.6. The summed E-state index contributed by atoms with van der Waals surface area (Å²) in [5.41, 5.74) is 2.14. The minimum Gasteiger partial charge on any atom is -0.302 e. The average molecular weight is 479 g/mol. The number of benzene rings is 2. The number of nitrogens with zero attached hydrogens (tertiary/aromatic N) is 1. The molecule has 2 aromatic carbocycles. The highest BCUT2D eigenvalue weighted by atomic mass is 35.5. The van der Waals surface area contributed by atoms with Gasteiger partial charge in [0.25, 0.3) is 0 Å². The van der Waals surface area contributed by atoms with E-state index in [0.29, 0.717) is 20.9 Å². The summed E-state index contributed by atoms with van der Waals surface area (Å²) in [5.74, 6) is -0.679. The minimum absolute atomic E-state index is 0.0476. The van der Waals surface area contributed by atoms with E-state index in [1.165, 1.54) is 16.7 Å². The van der Waals surface area contributed by atoms with Crippen LogP contribution in [0.3, 0.4) is 0 Å². The van der Waals surface area contributed by atoms with Crippen LogP contribution in [0.15, 0.2) is 60.0 Å². The largest absolute Gasteiger partial charge is 0.302 e. The summed E-state index contributed by atoms with van der Waals surface area (Å²) in [7, 11) is -3.20. The molecule has 1 amide bonds. The molecule has 0 fully saturated rings. The Labute approximate surface area is 188 Å². The molecule has 3 aromatic rings. The minimum atomic E-state index is -3.20. The first-order chi connectivity index (χ1) is 14.3. The predicted octanol–water partition coefficient (Wildman–Crippen LogP) is 5.67. The van der Waals surface area contributed by atoms with Crippen LogP contribution in [0, 0.1) is 5.92 Å². The highest BCUT2D eigenvalue weighted by molar-refractivity contribution is 7.94. The smallest absolute Gasteiger partial charge is 0.226 e. The van der Waals surface area contributed by atoms with Gasteiger partial charge in [-0.2, -0.15) is 0 Å². The van der Waals surface area contributed by atoms with Crippen molar-refractivity contribution in [3.8, 4) is 21.7 Å². The molecular weight excluding hydrogens is 463 g/mol. The number of sulfone groups is 1. The fourth-order valence-electron chi connectivity index (χ4n) is 3.21. The van der Waals surface area contributed by atoms with Gasteiger partial charge in [-0.25, -0.2) is 13.4 Å². The zero-order valence-electron chi connectivity index (χ0n) is 15.5. The first-order valence-electron chi connectivity index (χ1n) is 9.04. The highest BCUT2D eigenvalue weighted by Crippen LogP contribution is 2.43. The lowest BCUT2D eigenvalue weighted by molar-refractivity contribution is -0.116. The average Bonchev–Trinajstić information content (AvgIpc) is 3.25. The van der Waals surface area contributed by atoms with Crippen LogP contribution in [-0.2, 0) is 14.6 Å². The van der Waals surface area contributed by atoms with E-state index in [1.54, 1.807) is 18.2 Å². The molecule has 4 rings (SSSR count). The monoisotopic (exact) mass is 478 g/mol. The van der Waals surface area contributed by atoms with Crippen LogP contribution in [0.25, 0.3) is 21.7 Å². The maximum absolute atomic E-state index is 12.5. The number of hydrogen-bond acceptors (Lipinski definition) is 5. The molecule has 0 aliphatic carbocycles. The molecule has 0 saturated carbocycles. The van der Waals surface area contributed by atoms with Crippen LogP contribution in [0.1, 0.15) is 6.42 Å². The van der Waals surface area contributed by atoms with Crippen LogP contribution >= 0.6 is 34.5 Å². The lowest BCUT2D eigenvalue weighted by Gasteiger charge is -2.06. The lowest BCUT2D eigenvalue weighted by atomic mass is 10.1. The van der Waals surface area contributed by atoms with Gasteiger partial charge in [0.15, 0.2) is 15.0 Å². The number of nitrogens with one attached hydrogen (secondary N) is 1. The van der Waals surface area contributed by atoms with E-state index in [-0.39, 0.29) is 24.0 Å². The van der Waals surface area contributed by atoms with Crippen molar-refractivity contribution in [1.29, 1.82) is 0 Å². The second-order valence-electron chi connectivity index (χ2n) is 6.83. The second kappa shape index (κ2) is 8.51. The Bertz CT molecular complexity index is 1190. The summed E-state index contributed by atoms with van der Waals surface area (Å²) in [6.45, 7) is 0. The Hall–Kier alpha value is -2.19. The summed E-state index contributed by atoms with van der Waals surface area (Å²) < 4.78 is 23.1. The summed E-state index contributed by atoms with van der Waals surface area (Å²) in [6, 6.07) is 14.7. The molecule has 1 aliphatic heterocycles. The number of allylic oxidation sites excluding steroid dienone is 1. The van der Waals surface area contributed by atoms with E-state index < -0.39 is 9.84 Å². The number of anilines is 1. The van der Waals surface area contributed by atoms with Gasteiger partial charge in [0.1, 0.15) is 0 Å². The van der Waals surface area contributed by atoms with E-state index in [0.717, 1.165) is 16.0 Å². The zero-order valence-corrected chi connectivity index (χ0v) is 18.7. The molecule has 1 aromatic heterocycles. The third kappa shape index (κ3) is 4.59. The van der Waals surface area contributed by atoms with Gasteiger partial charge in [0.05, 0.1) is 21.3 Å². The molecule has 0 spiro atoms.